The Morgan fingerprint density at radius 2 is 2.07 bits per heavy atom. The van der Waals surface area contributed by atoms with E-state index in [1.54, 1.807) is 0 Å². The number of nitrogens with zero attached hydrogens (tertiary/aromatic N) is 1. The third kappa shape index (κ3) is 2.52. The molecular formula is C13H20NS. The minimum absolute atomic E-state index is 0.366. The van der Waals surface area contributed by atoms with Gasteiger partial charge in [0.2, 0.25) is 0 Å². The monoisotopic (exact) mass is 222 g/mol. The van der Waals surface area contributed by atoms with Crippen molar-refractivity contribution < 1.29 is 0 Å². The highest BCUT2D eigenvalue weighted by Gasteiger charge is 2.38. The molecule has 0 aromatic rings. The Kier molecular flexibility index (Phi) is 3.37. The van der Waals surface area contributed by atoms with Crippen LogP contribution < -0.4 is 0 Å². The Hall–Kier alpha value is 0.310. The van der Waals surface area contributed by atoms with Gasteiger partial charge in [-0.05, 0) is 31.7 Å². The molecule has 0 aromatic heterocycles. The normalized spacial score (nSPS) is 31.6. The molecule has 1 atom stereocenters. The molecule has 0 aromatic carbocycles. The van der Waals surface area contributed by atoms with Crippen molar-refractivity contribution in [3.05, 3.63) is 30.4 Å². The van der Waals surface area contributed by atoms with Crippen molar-refractivity contribution in [1.29, 1.82) is 0 Å². The van der Waals surface area contributed by atoms with Crippen molar-refractivity contribution in [1.82, 2.24) is 4.90 Å². The molecule has 2 rings (SSSR count). The number of thioether (sulfide) groups is 1. The molecular weight excluding hydrogens is 202 g/mol. The molecule has 0 N–H and O–H groups in total. The highest BCUT2D eigenvalue weighted by atomic mass is 32.2. The van der Waals surface area contributed by atoms with Crippen LogP contribution in [0.4, 0.5) is 0 Å². The first-order chi connectivity index (χ1) is 6.98. The second-order valence-electron chi connectivity index (χ2n) is 5.52. The maximum Gasteiger partial charge on any atom is 0.0428 e. The summed E-state index contributed by atoms with van der Waals surface area (Å²) < 4.78 is 0. The molecule has 0 unspecified atom stereocenters. The van der Waals surface area contributed by atoms with E-state index in [0.717, 1.165) is 6.54 Å². The van der Waals surface area contributed by atoms with Crippen LogP contribution in [0.5, 0.6) is 0 Å². The lowest BCUT2D eigenvalue weighted by Gasteiger charge is -2.37. The van der Waals surface area contributed by atoms with E-state index in [1.165, 1.54) is 16.9 Å². The lowest BCUT2D eigenvalue weighted by atomic mass is 9.86. The van der Waals surface area contributed by atoms with Crippen molar-refractivity contribution in [2.24, 2.45) is 5.41 Å². The summed E-state index contributed by atoms with van der Waals surface area (Å²) in [5.74, 6) is 2.70. The maximum absolute atomic E-state index is 2.50. The molecule has 1 aliphatic heterocycles. The van der Waals surface area contributed by atoms with Gasteiger partial charge in [0.1, 0.15) is 0 Å². The minimum atomic E-state index is 0.366. The van der Waals surface area contributed by atoms with Crippen LogP contribution in [0.2, 0.25) is 0 Å². The fourth-order valence-corrected chi connectivity index (χ4v) is 3.88. The molecule has 2 heteroatoms. The summed E-state index contributed by atoms with van der Waals surface area (Å²) in [5.41, 5.74) is 0.366. The van der Waals surface area contributed by atoms with E-state index >= 15 is 0 Å². The average Bonchev–Trinajstić information content (AvgIpc) is 2.45. The second-order valence-corrected chi connectivity index (χ2v) is 6.59. The minimum Gasteiger partial charge on any atom is -0.301 e. The first-order valence-electron chi connectivity index (χ1n) is 5.56. The van der Waals surface area contributed by atoms with E-state index in [4.69, 9.17) is 0 Å². The molecule has 83 valence electrons. The Balaban J connectivity index is 2.06. The van der Waals surface area contributed by atoms with Crippen LogP contribution in [-0.4, -0.2) is 30.3 Å². The fourth-order valence-electron chi connectivity index (χ4n) is 2.30. The Morgan fingerprint density at radius 1 is 1.33 bits per heavy atom. The van der Waals surface area contributed by atoms with Crippen LogP contribution in [0.25, 0.3) is 0 Å². The molecule has 0 bridgehead atoms. The standard InChI is InChI=1S/C13H20NS/c1-13(2,3)12-9-15-11-7-5-6-10(11)8-14(12)4/h5-7,12H,8-9H2,1-4H3/t12-/m1/s1. The largest absolute Gasteiger partial charge is 0.301 e. The van der Waals surface area contributed by atoms with E-state index in [1.807, 2.05) is 11.8 Å². The Bertz CT molecular complexity index is 221. The van der Waals surface area contributed by atoms with Crippen LogP contribution in [0.3, 0.4) is 0 Å². The summed E-state index contributed by atoms with van der Waals surface area (Å²) in [4.78, 5) is 2.50. The summed E-state index contributed by atoms with van der Waals surface area (Å²) in [6, 6.07) is 0.662. The van der Waals surface area contributed by atoms with Crippen molar-refractivity contribution in [3.63, 3.8) is 0 Å². The van der Waals surface area contributed by atoms with Crippen LogP contribution in [0.15, 0.2) is 0 Å². The maximum atomic E-state index is 2.50. The third-order valence-electron chi connectivity index (χ3n) is 3.21. The highest BCUT2D eigenvalue weighted by molar-refractivity contribution is 8.02. The van der Waals surface area contributed by atoms with Crippen molar-refractivity contribution in [2.75, 3.05) is 19.3 Å². The zero-order chi connectivity index (χ0) is 11.1. The van der Waals surface area contributed by atoms with Crippen LogP contribution in [-0.2, 0) is 0 Å². The molecule has 2 fully saturated rings. The summed E-state index contributed by atoms with van der Waals surface area (Å²) in [6.45, 7) is 8.11. The van der Waals surface area contributed by atoms with E-state index in [0.29, 0.717) is 11.5 Å². The Morgan fingerprint density at radius 3 is 2.73 bits per heavy atom. The van der Waals surface area contributed by atoms with Crippen molar-refractivity contribution in [3.8, 4) is 0 Å². The number of hydrogen-bond donors (Lipinski definition) is 0. The highest BCUT2D eigenvalue weighted by Crippen LogP contribution is 2.46. The molecule has 2 aliphatic rings. The number of hydrogen-bond acceptors (Lipinski definition) is 2. The van der Waals surface area contributed by atoms with Gasteiger partial charge < -0.3 is 4.90 Å². The molecule has 1 nitrogen and oxygen atoms in total. The van der Waals surface area contributed by atoms with E-state index in [-0.39, 0.29) is 0 Å². The summed E-state index contributed by atoms with van der Waals surface area (Å²) >= 11 is 2.01. The van der Waals surface area contributed by atoms with Gasteiger partial charge in [-0.3, -0.25) is 0 Å². The number of fused-ring (bicyclic) bond motifs is 1. The lowest BCUT2D eigenvalue weighted by Crippen LogP contribution is -2.43. The number of rotatable bonds is 0. The van der Waals surface area contributed by atoms with Crippen molar-refractivity contribution >= 4 is 11.8 Å². The lowest BCUT2D eigenvalue weighted by molar-refractivity contribution is 0.154. The predicted octanol–water partition coefficient (Wildman–Crippen LogP) is 2.81. The topological polar surface area (TPSA) is 3.24 Å². The van der Waals surface area contributed by atoms with Crippen LogP contribution >= 0.6 is 11.8 Å². The second kappa shape index (κ2) is 4.29. The molecule has 15 heavy (non-hydrogen) atoms. The Labute approximate surface area is 99.0 Å². The van der Waals surface area contributed by atoms with E-state index in [9.17, 15) is 0 Å². The molecule has 1 saturated carbocycles. The first kappa shape index (κ1) is 11.8. The van der Waals surface area contributed by atoms with Gasteiger partial charge in [-0.2, -0.15) is 11.8 Å². The third-order valence-corrected chi connectivity index (χ3v) is 4.40. The molecule has 5 radical (unpaired) electrons. The summed E-state index contributed by atoms with van der Waals surface area (Å²) in [6.07, 6.45) is 6.67. The van der Waals surface area contributed by atoms with Crippen molar-refractivity contribution in [2.45, 2.75) is 26.8 Å². The van der Waals surface area contributed by atoms with Gasteiger partial charge in [-0.15, -0.1) is 0 Å². The first-order valence-corrected chi connectivity index (χ1v) is 6.54. The molecule has 0 amide bonds. The quantitative estimate of drug-likeness (QED) is 0.620. The average molecular weight is 222 g/mol. The zero-order valence-electron chi connectivity index (χ0n) is 10.1. The fraction of sp³-hybridized carbons (Fsp3) is 0.615. The smallest absolute Gasteiger partial charge is 0.0428 e. The molecule has 1 heterocycles. The van der Waals surface area contributed by atoms with Gasteiger partial charge in [0, 0.05) is 29.5 Å². The van der Waals surface area contributed by atoms with E-state index < -0.39 is 0 Å². The molecule has 1 saturated heterocycles. The predicted molar refractivity (Wildman–Crippen MR) is 67.7 cm³/mol. The molecule has 1 aliphatic carbocycles. The SMILES string of the molecule is CN1C[C]2[CH][CH][CH][C]2SC[C@@H]1C(C)(C)C. The molecule has 0 spiro atoms. The van der Waals surface area contributed by atoms with Crippen LogP contribution in [0.1, 0.15) is 20.8 Å². The van der Waals surface area contributed by atoms with Crippen LogP contribution in [0, 0.1) is 35.8 Å². The van der Waals surface area contributed by atoms with E-state index in [2.05, 4.69) is 52.0 Å². The van der Waals surface area contributed by atoms with Gasteiger partial charge in [-0.1, -0.05) is 20.8 Å². The summed E-state index contributed by atoms with van der Waals surface area (Å²) in [5, 5.41) is 1.48. The van der Waals surface area contributed by atoms with Gasteiger partial charge in [0.15, 0.2) is 0 Å². The van der Waals surface area contributed by atoms with Gasteiger partial charge in [-0.25, -0.2) is 0 Å². The zero-order valence-corrected chi connectivity index (χ0v) is 10.9. The van der Waals surface area contributed by atoms with Gasteiger partial charge >= 0.3 is 0 Å². The van der Waals surface area contributed by atoms with Gasteiger partial charge in [0.05, 0.1) is 0 Å². The summed E-state index contributed by atoms with van der Waals surface area (Å²) in [7, 11) is 2.25. The van der Waals surface area contributed by atoms with Gasteiger partial charge in [0.25, 0.3) is 0 Å².